The third-order valence-corrected chi connectivity index (χ3v) is 3.10. The monoisotopic (exact) mass is 242 g/mol. The van der Waals surface area contributed by atoms with Crippen LogP contribution >= 0.6 is 0 Å². The highest BCUT2D eigenvalue weighted by molar-refractivity contribution is 5.87. The quantitative estimate of drug-likeness (QED) is 0.744. The second kappa shape index (κ2) is 6.62. The summed E-state index contributed by atoms with van der Waals surface area (Å²) in [7, 11) is 1.60. The summed E-state index contributed by atoms with van der Waals surface area (Å²) in [6.07, 6.45) is 2.59. The fourth-order valence-corrected chi connectivity index (χ4v) is 2.23. The molecule has 0 aromatic carbocycles. The molecule has 2 atom stereocenters. The fourth-order valence-electron chi connectivity index (χ4n) is 2.23. The summed E-state index contributed by atoms with van der Waals surface area (Å²) in [5, 5.41) is 2.64. The van der Waals surface area contributed by atoms with Crippen LogP contribution in [-0.2, 0) is 9.59 Å². The molecule has 2 amide bonds. The van der Waals surface area contributed by atoms with Crippen molar-refractivity contribution in [3.05, 3.63) is 0 Å². The van der Waals surface area contributed by atoms with Crippen LogP contribution in [-0.4, -0.2) is 18.9 Å². The molecule has 17 heavy (non-hydrogen) atoms. The molecule has 0 radical (unpaired) electrons. The molecular formula is C13H26N2O2. The molecule has 100 valence electrons. The van der Waals surface area contributed by atoms with Gasteiger partial charge in [-0.25, -0.2) is 0 Å². The van der Waals surface area contributed by atoms with Crippen LogP contribution in [0.1, 0.15) is 47.0 Å². The van der Waals surface area contributed by atoms with E-state index in [2.05, 4.69) is 12.2 Å². The van der Waals surface area contributed by atoms with Crippen molar-refractivity contribution < 1.29 is 9.59 Å². The van der Waals surface area contributed by atoms with Gasteiger partial charge in [-0.3, -0.25) is 9.59 Å². The summed E-state index contributed by atoms with van der Waals surface area (Å²) >= 11 is 0. The minimum absolute atomic E-state index is 0.0996. The highest BCUT2D eigenvalue weighted by Gasteiger charge is 2.39. The fraction of sp³-hybridized carbons (Fsp3) is 0.846. The SMILES string of the molecule is CCCCC(C(N)=O)C(C(=O)NC)C(C)(C)C. The Morgan fingerprint density at radius 3 is 2.12 bits per heavy atom. The molecule has 0 heterocycles. The third-order valence-electron chi connectivity index (χ3n) is 3.10. The standard InChI is InChI=1S/C13H26N2O2/c1-6-7-8-9(11(14)16)10(12(17)15-5)13(2,3)4/h9-10H,6-8H2,1-5H3,(H2,14,16)(H,15,17). The van der Waals surface area contributed by atoms with Crippen LogP contribution in [0.5, 0.6) is 0 Å². The van der Waals surface area contributed by atoms with Crippen LogP contribution in [0, 0.1) is 17.3 Å². The number of carbonyl (C=O) groups excluding carboxylic acids is 2. The lowest BCUT2D eigenvalue weighted by molar-refractivity contribution is -0.137. The zero-order chi connectivity index (χ0) is 13.6. The molecule has 0 saturated heterocycles. The van der Waals surface area contributed by atoms with E-state index < -0.39 is 0 Å². The van der Waals surface area contributed by atoms with Gasteiger partial charge in [0.2, 0.25) is 11.8 Å². The molecule has 0 aliphatic rings. The van der Waals surface area contributed by atoms with E-state index in [9.17, 15) is 9.59 Å². The number of primary amides is 1. The van der Waals surface area contributed by atoms with Gasteiger partial charge in [-0.05, 0) is 11.8 Å². The Morgan fingerprint density at radius 2 is 1.82 bits per heavy atom. The number of rotatable bonds is 6. The predicted octanol–water partition coefficient (Wildman–Crippen LogP) is 1.69. The van der Waals surface area contributed by atoms with Gasteiger partial charge >= 0.3 is 0 Å². The van der Waals surface area contributed by atoms with E-state index in [0.717, 1.165) is 12.8 Å². The summed E-state index contributed by atoms with van der Waals surface area (Å²) in [5.41, 5.74) is 5.18. The van der Waals surface area contributed by atoms with E-state index >= 15 is 0 Å². The number of hydrogen-bond acceptors (Lipinski definition) is 2. The Labute approximate surface area is 104 Å². The van der Waals surface area contributed by atoms with Crippen LogP contribution in [0.3, 0.4) is 0 Å². The van der Waals surface area contributed by atoms with E-state index in [-0.39, 0.29) is 29.1 Å². The van der Waals surface area contributed by atoms with Gasteiger partial charge in [-0.1, -0.05) is 40.5 Å². The van der Waals surface area contributed by atoms with Crippen molar-refractivity contribution in [1.82, 2.24) is 5.32 Å². The van der Waals surface area contributed by atoms with Crippen molar-refractivity contribution in [1.29, 1.82) is 0 Å². The lowest BCUT2D eigenvalue weighted by Crippen LogP contribution is -2.45. The van der Waals surface area contributed by atoms with Crippen molar-refractivity contribution in [2.45, 2.75) is 47.0 Å². The largest absolute Gasteiger partial charge is 0.369 e. The maximum absolute atomic E-state index is 11.9. The van der Waals surface area contributed by atoms with Gasteiger partial charge in [0.25, 0.3) is 0 Å². The van der Waals surface area contributed by atoms with Gasteiger partial charge < -0.3 is 11.1 Å². The number of nitrogens with one attached hydrogen (secondary N) is 1. The number of unbranched alkanes of at least 4 members (excludes halogenated alkanes) is 1. The van der Waals surface area contributed by atoms with Gasteiger partial charge in [0.15, 0.2) is 0 Å². The number of carbonyl (C=O) groups is 2. The Morgan fingerprint density at radius 1 is 1.29 bits per heavy atom. The summed E-state index contributed by atoms with van der Waals surface area (Å²) in [4.78, 5) is 23.5. The number of hydrogen-bond donors (Lipinski definition) is 2. The highest BCUT2D eigenvalue weighted by atomic mass is 16.2. The molecule has 4 heteroatoms. The summed E-state index contributed by atoms with van der Waals surface area (Å²) < 4.78 is 0. The average Bonchev–Trinajstić information content (AvgIpc) is 2.20. The molecule has 0 fully saturated rings. The molecule has 0 bridgehead atoms. The first-order valence-corrected chi connectivity index (χ1v) is 6.26. The molecule has 4 nitrogen and oxygen atoms in total. The molecule has 0 aromatic heterocycles. The molecule has 0 rings (SSSR count). The highest BCUT2D eigenvalue weighted by Crippen LogP contribution is 2.34. The molecule has 0 aliphatic heterocycles. The van der Waals surface area contributed by atoms with E-state index in [1.165, 1.54) is 0 Å². The van der Waals surface area contributed by atoms with Gasteiger partial charge in [0, 0.05) is 13.0 Å². The summed E-state index contributed by atoms with van der Waals surface area (Å²) in [6.45, 7) is 7.96. The van der Waals surface area contributed by atoms with E-state index in [4.69, 9.17) is 5.73 Å². The molecule has 3 N–H and O–H groups in total. The number of nitrogens with two attached hydrogens (primary N) is 1. The van der Waals surface area contributed by atoms with Crippen LogP contribution < -0.4 is 11.1 Å². The van der Waals surface area contributed by atoms with Crippen LogP contribution in [0.4, 0.5) is 0 Å². The predicted molar refractivity (Wildman–Crippen MR) is 69.2 cm³/mol. The van der Waals surface area contributed by atoms with Crippen molar-refractivity contribution in [3.63, 3.8) is 0 Å². The first-order chi connectivity index (χ1) is 7.75. The Bertz CT molecular complexity index is 269. The molecule has 0 aromatic rings. The van der Waals surface area contributed by atoms with E-state index in [1.807, 2.05) is 20.8 Å². The number of amides is 2. The minimum atomic E-state index is -0.380. The van der Waals surface area contributed by atoms with E-state index in [1.54, 1.807) is 7.05 Å². The molecule has 0 spiro atoms. The zero-order valence-corrected chi connectivity index (χ0v) is 11.7. The normalized spacial score (nSPS) is 15.1. The lowest BCUT2D eigenvalue weighted by atomic mass is 9.70. The van der Waals surface area contributed by atoms with Crippen molar-refractivity contribution in [2.24, 2.45) is 23.0 Å². The second-order valence-electron chi connectivity index (χ2n) is 5.61. The summed E-state index contributed by atoms with van der Waals surface area (Å²) in [6, 6.07) is 0. The second-order valence-corrected chi connectivity index (χ2v) is 5.61. The topological polar surface area (TPSA) is 72.2 Å². The van der Waals surface area contributed by atoms with Crippen molar-refractivity contribution >= 4 is 11.8 Å². The first kappa shape index (κ1) is 15.9. The summed E-state index contributed by atoms with van der Waals surface area (Å²) in [5.74, 6) is -1.22. The third kappa shape index (κ3) is 4.75. The zero-order valence-electron chi connectivity index (χ0n) is 11.7. The smallest absolute Gasteiger partial charge is 0.224 e. The Kier molecular flexibility index (Phi) is 6.21. The Balaban J connectivity index is 5.08. The van der Waals surface area contributed by atoms with Gasteiger partial charge in [-0.2, -0.15) is 0 Å². The van der Waals surface area contributed by atoms with Crippen molar-refractivity contribution in [2.75, 3.05) is 7.05 Å². The van der Waals surface area contributed by atoms with Gasteiger partial charge in [-0.15, -0.1) is 0 Å². The minimum Gasteiger partial charge on any atom is -0.369 e. The molecule has 2 unspecified atom stereocenters. The molecular weight excluding hydrogens is 216 g/mol. The van der Waals surface area contributed by atoms with Crippen LogP contribution in [0.25, 0.3) is 0 Å². The van der Waals surface area contributed by atoms with Gasteiger partial charge in [0.1, 0.15) is 0 Å². The van der Waals surface area contributed by atoms with Gasteiger partial charge in [0.05, 0.1) is 5.92 Å². The molecule has 0 aliphatic carbocycles. The molecule has 0 saturated carbocycles. The van der Waals surface area contributed by atoms with E-state index in [0.29, 0.717) is 6.42 Å². The first-order valence-electron chi connectivity index (χ1n) is 6.26. The van der Waals surface area contributed by atoms with Crippen molar-refractivity contribution in [3.8, 4) is 0 Å². The lowest BCUT2D eigenvalue weighted by Gasteiger charge is -2.34. The average molecular weight is 242 g/mol. The Hall–Kier alpha value is -1.06. The maximum atomic E-state index is 11.9. The van der Waals surface area contributed by atoms with Crippen LogP contribution in [0.2, 0.25) is 0 Å². The maximum Gasteiger partial charge on any atom is 0.224 e. The van der Waals surface area contributed by atoms with Crippen LogP contribution in [0.15, 0.2) is 0 Å².